The van der Waals surface area contributed by atoms with Crippen LogP contribution >= 0.6 is 0 Å². The van der Waals surface area contributed by atoms with Crippen LogP contribution in [0.5, 0.6) is 0 Å². The molecule has 0 radical (unpaired) electrons. The normalized spacial score (nSPS) is 24.6. The van der Waals surface area contributed by atoms with E-state index in [1.54, 1.807) is 6.20 Å². The standard InChI is InChI=1S/C22H27F2N5O3/c1-13(31)18(12-30)26-21(32)16-11-25-29-9-7-22(2,27-20(16)29)28-8-3-4-19(28)15-10-14(23)5-6-17(15)24/h5-7,9-11,13,18-19,27,30-31H,3-4,8,12H2,1-2H3,(H,26,32)/t13-,18-,19?,22?/m0/s1. The van der Waals surface area contributed by atoms with Crippen molar-refractivity contribution in [2.45, 2.75) is 50.5 Å². The van der Waals surface area contributed by atoms with Gasteiger partial charge in [0.2, 0.25) is 0 Å². The van der Waals surface area contributed by atoms with E-state index in [1.165, 1.54) is 23.9 Å². The van der Waals surface area contributed by atoms with Crippen LogP contribution in [0.3, 0.4) is 0 Å². The first-order valence-corrected chi connectivity index (χ1v) is 10.6. The van der Waals surface area contributed by atoms with Crippen LogP contribution in [0.25, 0.3) is 6.20 Å². The Balaban J connectivity index is 1.61. The number of nitrogens with zero attached hydrogens (tertiary/aromatic N) is 3. The molecular formula is C22H27F2N5O3. The second-order valence-corrected chi connectivity index (χ2v) is 8.46. The summed E-state index contributed by atoms with van der Waals surface area (Å²) in [6.45, 7) is 3.63. The first-order chi connectivity index (χ1) is 15.2. The van der Waals surface area contributed by atoms with E-state index in [0.29, 0.717) is 24.3 Å². The van der Waals surface area contributed by atoms with E-state index in [0.717, 1.165) is 18.6 Å². The second-order valence-electron chi connectivity index (χ2n) is 8.46. The number of hydrogen-bond donors (Lipinski definition) is 4. The molecule has 4 atom stereocenters. The van der Waals surface area contributed by atoms with E-state index in [2.05, 4.69) is 15.7 Å². The third-order valence-corrected chi connectivity index (χ3v) is 6.21. The zero-order valence-electron chi connectivity index (χ0n) is 17.9. The lowest BCUT2D eigenvalue weighted by atomic mass is 10.00. The lowest BCUT2D eigenvalue weighted by Crippen LogP contribution is -2.52. The fraction of sp³-hybridized carbons (Fsp3) is 0.455. The average molecular weight is 447 g/mol. The molecule has 8 nitrogen and oxygen atoms in total. The SMILES string of the molecule is C[C@H](O)[C@H](CO)NC(=O)c1cnn2c1NC(C)(N1CCCC1c1cc(F)ccc1F)C=C2. The zero-order chi connectivity index (χ0) is 23.0. The molecule has 2 aliphatic rings. The van der Waals surface area contributed by atoms with Crippen molar-refractivity contribution in [3.05, 3.63) is 53.2 Å². The number of fused-ring (bicyclic) bond motifs is 1. The van der Waals surface area contributed by atoms with Gasteiger partial charge in [0.1, 0.15) is 28.7 Å². The highest BCUT2D eigenvalue weighted by Gasteiger charge is 2.42. The Bertz CT molecular complexity index is 1040. The molecule has 1 amide bonds. The molecule has 0 spiro atoms. The molecule has 1 aromatic heterocycles. The van der Waals surface area contributed by atoms with Gasteiger partial charge in [-0.25, -0.2) is 13.5 Å². The van der Waals surface area contributed by atoms with Crippen LogP contribution in [0, 0.1) is 11.6 Å². The monoisotopic (exact) mass is 447 g/mol. The summed E-state index contributed by atoms with van der Waals surface area (Å²) in [6.07, 6.45) is 5.54. The first kappa shape index (κ1) is 22.4. The number of carbonyl (C=O) groups excluding carboxylic acids is 1. The largest absolute Gasteiger partial charge is 0.394 e. The third kappa shape index (κ3) is 4.01. The number of aliphatic hydroxyl groups is 2. The van der Waals surface area contributed by atoms with E-state index >= 15 is 0 Å². The molecule has 1 saturated heterocycles. The maximum atomic E-state index is 14.5. The molecule has 32 heavy (non-hydrogen) atoms. The molecule has 3 heterocycles. The van der Waals surface area contributed by atoms with Gasteiger partial charge in [0.25, 0.3) is 5.91 Å². The number of benzene rings is 1. The van der Waals surface area contributed by atoms with E-state index < -0.39 is 42.0 Å². The molecule has 4 N–H and O–H groups in total. The Kier molecular flexibility index (Phi) is 6.02. The summed E-state index contributed by atoms with van der Waals surface area (Å²) in [6, 6.07) is 2.33. The maximum Gasteiger partial charge on any atom is 0.257 e. The summed E-state index contributed by atoms with van der Waals surface area (Å²) in [5.41, 5.74) is -0.239. The van der Waals surface area contributed by atoms with Crippen molar-refractivity contribution in [2.75, 3.05) is 18.5 Å². The van der Waals surface area contributed by atoms with Gasteiger partial charge in [-0.1, -0.05) is 0 Å². The van der Waals surface area contributed by atoms with Crippen LogP contribution in [-0.2, 0) is 0 Å². The number of anilines is 1. The average Bonchev–Trinajstić information content (AvgIpc) is 3.40. The number of hydrogen-bond acceptors (Lipinski definition) is 6. The van der Waals surface area contributed by atoms with Gasteiger partial charge < -0.3 is 20.8 Å². The van der Waals surface area contributed by atoms with Gasteiger partial charge in [0.15, 0.2) is 0 Å². The summed E-state index contributed by atoms with van der Waals surface area (Å²) >= 11 is 0. The van der Waals surface area contributed by atoms with Gasteiger partial charge in [0.05, 0.1) is 24.9 Å². The Hall–Kier alpha value is -2.82. The molecule has 2 aromatic rings. The fourth-order valence-electron chi connectivity index (χ4n) is 4.41. The lowest BCUT2D eigenvalue weighted by molar-refractivity contribution is 0.0758. The zero-order valence-corrected chi connectivity index (χ0v) is 17.9. The number of amides is 1. The highest BCUT2D eigenvalue weighted by molar-refractivity contribution is 5.99. The Morgan fingerprint density at radius 2 is 2.22 bits per heavy atom. The Morgan fingerprint density at radius 1 is 1.44 bits per heavy atom. The molecule has 10 heteroatoms. The Morgan fingerprint density at radius 3 is 2.94 bits per heavy atom. The van der Waals surface area contributed by atoms with Crippen molar-refractivity contribution < 1.29 is 23.8 Å². The molecule has 4 rings (SSSR count). The molecule has 2 unspecified atom stereocenters. The molecule has 172 valence electrons. The fourth-order valence-corrected chi connectivity index (χ4v) is 4.41. The first-order valence-electron chi connectivity index (χ1n) is 10.6. The number of likely N-dealkylation sites (tertiary alicyclic amines) is 1. The van der Waals surface area contributed by atoms with Crippen molar-refractivity contribution in [1.82, 2.24) is 20.0 Å². The molecule has 1 fully saturated rings. The number of rotatable bonds is 6. The molecule has 0 aliphatic carbocycles. The summed E-state index contributed by atoms with van der Waals surface area (Å²) in [7, 11) is 0. The van der Waals surface area contributed by atoms with Crippen molar-refractivity contribution in [2.24, 2.45) is 0 Å². The van der Waals surface area contributed by atoms with Crippen molar-refractivity contribution in [3.8, 4) is 0 Å². The van der Waals surface area contributed by atoms with Crippen molar-refractivity contribution in [1.29, 1.82) is 0 Å². The summed E-state index contributed by atoms with van der Waals surface area (Å²) in [5, 5.41) is 29.3. The summed E-state index contributed by atoms with van der Waals surface area (Å²) in [5.74, 6) is -1.00. The van der Waals surface area contributed by atoms with Gasteiger partial charge in [-0.05, 0) is 51.0 Å². The topological polar surface area (TPSA) is 103 Å². The van der Waals surface area contributed by atoms with Gasteiger partial charge >= 0.3 is 0 Å². The highest BCUT2D eigenvalue weighted by atomic mass is 19.1. The van der Waals surface area contributed by atoms with Crippen LogP contribution in [0.4, 0.5) is 14.6 Å². The quantitative estimate of drug-likeness (QED) is 0.541. The van der Waals surface area contributed by atoms with E-state index in [1.807, 2.05) is 17.9 Å². The van der Waals surface area contributed by atoms with Gasteiger partial charge in [-0.15, -0.1) is 0 Å². The number of halogens is 2. The van der Waals surface area contributed by atoms with Gasteiger partial charge in [-0.3, -0.25) is 9.69 Å². The number of nitrogens with one attached hydrogen (secondary N) is 2. The minimum atomic E-state index is -0.931. The number of aliphatic hydroxyl groups excluding tert-OH is 2. The van der Waals surface area contributed by atoms with Crippen LogP contribution < -0.4 is 10.6 Å². The van der Waals surface area contributed by atoms with Crippen LogP contribution in [-0.4, -0.2) is 61.8 Å². The summed E-state index contributed by atoms with van der Waals surface area (Å²) in [4.78, 5) is 14.8. The predicted octanol–water partition coefficient (Wildman–Crippen LogP) is 2.08. The van der Waals surface area contributed by atoms with Gasteiger partial charge in [0, 0.05) is 24.4 Å². The molecule has 0 saturated carbocycles. The van der Waals surface area contributed by atoms with E-state index in [-0.39, 0.29) is 11.6 Å². The van der Waals surface area contributed by atoms with E-state index in [9.17, 15) is 23.8 Å². The minimum absolute atomic E-state index is 0.243. The molecule has 0 bridgehead atoms. The van der Waals surface area contributed by atoms with Gasteiger partial charge in [-0.2, -0.15) is 5.10 Å². The second kappa shape index (κ2) is 8.61. The smallest absolute Gasteiger partial charge is 0.257 e. The third-order valence-electron chi connectivity index (χ3n) is 6.21. The van der Waals surface area contributed by atoms with Crippen LogP contribution in [0.1, 0.15) is 48.7 Å². The summed E-state index contributed by atoms with van der Waals surface area (Å²) < 4.78 is 29.9. The molecule has 1 aromatic carbocycles. The Labute approximate surface area is 184 Å². The molecular weight excluding hydrogens is 420 g/mol. The van der Waals surface area contributed by atoms with Crippen LogP contribution in [0.2, 0.25) is 0 Å². The van der Waals surface area contributed by atoms with Crippen molar-refractivity contribution in [3.63, 3.8) is 0 Å². The van der Waals surface area contributed by atoms with Crippen molar-refractivity contribution >= 4 is 17.9 Å². The highest BCUT2D eigenvalue weighted by Crippen LogP contribution is 2.41. The number of aromatic nitrogens is 2. The lowest BCUT2D eigenvalue weighted by Gasteiger charge is -2.43. The minimum Gasteiger partial charge on any atom is -0.394 e. The van der Waals surface area contributed by atoms with Crippen LogP contribution in [0.15, 0.2) is 30.5 Å². The maximum absolute atomic E-state index is 14.5. The van der Waals surface area contributed by atoms with E-state index in [4.69, 9.17) is 0 Å². The molecule has 2 aliphatic heterocycles. The number of carbonyl (C=O) groups is 1. The predicted molar refractivity (Wildman–Crippen MR) is 115 cm³/mol.